The molecule has 4 aromatic rings. The van der Waals surface area contributed by atoms with Crippen molar-refractivity contribution in [3.8, 4) is 0 Å². The van der Waals surface area contributed by atoms with Crippen LogP contribution in [-0.4, -0.2) is 96.8 Å². The Bertz CT molecular complexity index is 1860. The Labute approximate surface area is 312 Å². The summed E-state index contributed by atoms with van der Waals surface area (Å²) in [6.45, 7) is 7.22. The number of amides is 3. The molecule has 53 heavy (non-hydrogen) atoms. The number of hydrogen-bond acceptors (Lipinski definition) is 7. The molecule has 1 unspecified atom stereocenters. The number of carbonyl (C=O) groups is 3. The number of anilines is 2. The molecule has 9 nitrogen and oxygen atoms in total. The Kier molecular flexibility index (Phi) is 12.9. The molecule has 13 heteroatoms. The van der Waals surface area contributed by atoms with Crippen LogP contribution in [0, 0.1) is 6.92 Å². The fourth-order valence-corrected chi connectivity index (χ4v) is 6.92. The molecule has 1 atom stereocenters. The van der Waals surface area contributed by atoms with Gasteiger partial charge in [-0.1, -0.05) is 54.6 Å². The third-order valence-corrected chi connectivity index (χ3v) is 10.4. The summed E-state index contributed by atoms with van der Waals surface area (Å²) in [5.74, 6) is -0.634. The molecular formula is C40H45F3N6O3S. The molecule has 0 saturated carbocycles. The minimum atomic E-state index is -4.47. The highest BCUT2D eigenvalue weighted by molar-refractivity contribution is 7.13. The quantitative estimate of drug-likeness (QED) is 0.148. The fraction of sp³-hybridized carbons (Fsp3) is 0.350. The summed E-state index contributed by atoms with van der Waals surface area (Å²) in [6.07, 6.45) is -1.43. The largest absolute Gasteiger partial charge is 0.416 e. The van der Waals surface area contributed by atoms with Crippen LogP contribution in [0.15, 0.2) is 90.3 Å². The Balaban J connectivity index is 1.42. The van der Waals surface area contributed by atoms with Crippen molar-refractivity contribution in [3.05, 3.63) is 118 Å². The van der Waals surface area contributed by atoms with Gasteiger partial charge in [0.05, 0.1) is 11.3 Å². The molecule has 1 aromatic heterocycles. The van der Waals surface area contributed by atoms with Gasteiger partial charge in [0, 0.05) is 90.4 Å². The van der Waals surface area contributed by atoms with Gasteiger partial charge >= 0.3 is 6.18 Å². The first-order valence-electron chi connectivity index (χ1n) is 17.5. The topological polar surface area (TPSA) is 80.3 Å². The number of aryl methyl sites for hydroxylation is 1. The van der Waals surface area contributed by atoms with Crippen LogP contribution in [0.4, 0.5) is 24.0 Å². The highest BCUT2D eigenvalue weighted by atomic mass is 32.1. The van der Waals surface area contributed by atoms with E-state index < -0.39 is 23.7 Å². The number of benzene rings is 3. The maximum absolute atomic E-state index is 14.4. The van der Waals surface area contributed by atoms with E-state index in [1.807, 2.05) is 83.7 Å². The highest BCUT2D eigenvalue weighted by Gasteiger charge is 2.32. The zero-order chi connectivity index (χ0) is 38.1. The van der Waals surface area contributed by atoms with Gasteiger partial charge in [-0.2, -0.15) is 13.2 Å². The molecule has 1 saturated heterocycles. The number of hydrogen-bond donors (Lipinski definition) is 0. The van der Waals surface area contributed by atoms with Gasteiger partial charge in [0.2, 0.25) is 17.7 Å². The summed E-state index contributed by atoms with van der Waals surface area (Å²) in [7, 11) is 3.65. The Morgan fingerprint density at radius 2 is 1.55 bits per heavy atom. The van der Waals surface area contributed by atoms with E-state index in [2.05, 4.69) is 9.88 Å². The van der Waals surface area contributed by atoms with Gasteiger partial charge in [-0.15, -0.1) is 11.3 Å². The van der Waals surface area contributed by atoms with Crippen LogP contribution in [0.25, 0.3) is 6.08 Å². The normalized spacial score (nSPS) is 13.9. The minimum absolute atomic E-state index is 0.0593. The standard InChI is InChI=1S/C40H45F3N6O3S/c1-29-28-53-39(44-29)46(4)21-20-45(3)38(52)36(26-32-8-6-5-7-9-32)49(37(51)19-14-31-10-15-34(16-11-31)40(41,42)43)27-33-12-17-35(18-13-33)48-24-22-47(23-25-48)30(2)50/h5-19,28,36H,20-27H2,1-4H3. The molecule has 1 aliphatic heterocycles. The smallest absolute Gasteiger partial charge is 0.368 e. The van der Waals surface area contributed by atoms with E-state index in [-0.39, 0.29) is 24.8 Å². The molecule has 0 aliphatic carbocycles. The maximum Gasteiger partial charge on any atom is 0.416 e. The van der Waals surface area contributed by atoms with Gasteiger partial charge < -0.3 is 24.5 Å². The summed E-state index contributed by atoms with van der Waals surface area (Å²) in [6, 6.07) is 21.0. The van der Waals surface area contributed by atoms with Crippen molar-refractivity contribution in [2.24, 2.45) is 0 Å². The second-order valence-electron chi connectivity index (χ2n) is 13.2. The summed E-state index contributed by atoms with van der Waals surface area (Å²) >= 11 is 1.53. The van der Waals surface area contributed by atoms with E-state index in [0.717, 1.165) is 39.8 Å². The summed E-state index contributed by atoms with van der Waals surface area (Å²) in [5, 5.41) is 2.82. The fourth-order valence-electron chi connectivity index (χ4n) is 6.12. The maximum atomic E-state index is 14.4. The zero-order valence-corrected chi connectivity index (χ0v) is 31.2. The van der Waals surface area contributed by atoms with Crippen molar-refractivity contribution in [3.63, 3.8) is 0 Å². The van der Waals surface area contributed by atoms with Crippen molar-refractivity contribution in [2.45, 2.75) is 39.0 Å². The number of halogens is 3. The summed E-state index contributed by atoms with van der Waals surface area (Å²) < 4.78 is 39.5. The molecule has 1 fully saturated rings. The Morgan fingerprint density at radius 3 is 2.13 bits per heavy atom. The number of nitrogens with zero attached hydrogens (tertiary/aromatic N) is 6. The van der Waals surface area contributed by atoms with Crippen molar-refractivity contribution in [1.82, 2.24) is 19.7 Å². The van der Waals surface area contributed by atoms with Crippen LogP contribution in [0.1, 0.15) is 34.9 Å². The van der Waals surface area contributed by atoms with Crippen LogP contribution in [-0.2, 0) is 33.5 Å². The first-order valence-corrected chi connectivity index (χ1v) is 18.3. The van der Waals surface area contributed by atoms with Crippen LogP contribution in [0.3, 0.4) is 0 Å². The van der Waals surface area contributed by atoms with E-state index in [0.29, 0.717) is 44.8 Å². The van der Waals surface area contributed by atoms with E-state index >= 15 is 0 Å². The first-order chi connectivity index (χ1) is 25.3. The van der Waals surface area contributed by atoms with Gasteiger partial charge in [0.15, 0.2) is 5.13 Å². The van der Waals surface area contributed by atoms with Gasteiger partial charge in [-0.05, 0) is 54.0 Å². The number of carbonyl (C=O) groups excluding carboxylic acids is 3. The number of aromatic nitrogens is 1. The average Bonchev–Trinajstić information content (AvgIpc) is 3.60. The number of rotatable bonds is 13. The summed E-state index contributed by atoms with van der Waals surface area (Å²) in [5.41, 5.74) is 3.24. The predicted molar refractivity (Wildman–Crippen MR) is 204 cm³/mol. The van der Waals surface area contributed by atoms with Crippen molar-refractivity contribution < 1.29 is 27.6 Å². The average molecular weight is 747 g/mol. The monoisotopic (exact) mass is 746 g/mol. The van der Waals surface area contributed by atoms with Gasteiger partial charge in [0.1, 0.15) is 6.04 Å². The Morgan fingerprint density at radius 1 is 0.887 bits per heavy atom. The molecule has 3 aromatic carbocycles. The van der Waals surface area contributed by atoms with E-state index in [9.17, 15) is 27.6 Å². The number of alkyl halides is 3. The van der Waals surface area contributed by atoms with E-state index in [1.165, 1.54) is 35.6 Å². The second-order valence-corrected chi connectivity index (χ2v) is 14.1. The van der Waals surface area contributed by atoms with Crippen molar-refractivity contribution >= 4 is 46.0 Å². The number of thiazole rings is 1. The predicted octanol–water partition coefficient (Wildman–Crippen LogP) is 6.39. The highest BCUT2D eigenvalue weighted by Crippen LogP contribution is 2.29. The molecule has 0 spiro atoms. The van der Waals surface area contributed by atoms with Crippen LogP contribution in [0.2, 0.25) is 0 Å². The lowest BCUT2D eigenvalue weighted by Crippen LogP contribution is -2.51. The molecule has 0 N–H and O–H groups in total. The van der Waals surface area contributed by atoms with Gasteiger partial charge in [-0.3, -0.25) is 14.4 Å². The molecule has 0 radical (unpaired) electrons. The van der Waals surface area contributed by atoms with Crippen LogP contribution >= 0.6 is 11.3 Å². The Hall–Kier alpha value is -5.17. The van der Waals surface area contributed by atoms with Gasteiger partial charge in [0.25, 0.3) is 0 Å². The number of piperazine rings is 1. The molecule has 3 amide bonds. The molecular weight excluding hydrogens is 702 g/mol. The van der Waals surface area contributed by atoms with Crippen molar-refractivity contribution in [1.29, 1.82) is 0 Å². The van der Waals surface area contributed by atoms with E-state index in [4.69, 9.17) is 0 Å². The third kappa shape index (κ3) is 10.7. The van der Waals surface area contributed by atoms with Crippen LogP contribution < -0.4 is 9.80 Å². The lowest BCUT2D eigenvalue weighted by atomic mass is 10.0. The lowest BCUT2D eigenvalue weighted by Gasteiger charge is -2.36. The first kappa shape index (κ1) is 39.0. The number of likely N-dealkylation sites (N-methyl/N-ethyl adjacent to an activating group) is 2. The molecule has 280 valence electrons. The molecule has 1 aliphatic rings. The third-order valence-electron chi connectivity index (χ3n) is 9.33. The molecule has 0 bridgehead atoms. The molecule has 2 heterocycles. The zero-order valence-electron chi connectivity index (χ0n) is 30.4. The van der Waals surface area contributed by atoms with Crippen LogP contribution in [0.5, 0.6) is 0 Å². The SMILES string of the molecule is CC(=O)N1CCN(c2ccc(CN(C(=O)C=Cc3ccc(C(F)(F)F)cc3)C(Cc3ccccc3)C(=O)N(C)CCN(C)c3nc(C)cs3)cc2)CC1. The molecule has 5 rings (SSSR count). The second kappa shape index (κ2) is 17.6. The van der Waals surface area contributed by atoms with E-state index in [1.54, 1.807) is 23.8 Å². The van der Waals surface area contributed by atoms with Crippen molar-refractivity contribution in [2.75, 3.05) is 63.2 Å². The van der Waals surface area contributed by atoms with Gasteiger partial charge in [-0.25, -0.2) is 4.98 Å². The lowest BCUT2D eigenvalue weighted by molar-refractivity contribution is -0.143. The summed E-state index contributed by atoms with van der Waals surface area (Å²) in [4.78, 5) is 54.1. The minimum Gasteiger partial charge on any atom is -0.368 e.